The number of aromatic nitrogens is 2. The molecule has 1 aliphatic rings. The molecule has 1 saturated carbocycles. The molecule has 0 aromatic carbocycles. The lowest BCUT2D eigenvalue weighted by atomic mass is 9.78. The van der Waals surface area contributed by atoms with Gasteiger partial charge in [0.15, 0.2) is 0 Å². The molecule has 4 heteroatoms. The van der Waals surface area contributed by atoms with Crippen molar-refractivity contribution in [2.75, 3.05) is 6.61 Å². The number of ether oxygens (including phenoxy) is 1. The van der Waals surface area contributed by atoms with Gasteiger partial charge in [-0.2, -0.15) is 5.10 Å². The maximum absolute atomic E-state index is 11.8. The summed E-state index contributed by atoms with van der Waals surface area (Å²) in [5, 5.41) is 4.06. The lowest BCUT2D eigenvalue weighted by Gasteiger charge is -2.34. The van der Waals surface area contributed by atoms with Crippen molar-refractivity contribution in [3.8, 4) is 0 Å². The van der Waals surface area contributed by atoms with E-state index < -0.39 is 0 Å². The monoisotopic (exact) mass is 236 g/mol. The zero-order chi connectivity index (χ0) is 12.3. The molecule has 0 N–H and O–H groups in total. The van der Waals surface area contributed by atoms with Crippen molar-refractivity contribution < 1.29 is 9.53 Å². The first-order chi connectivity index (χ1) is 8.17. The SMILES string of the molecule is CCOC1CC(CC(=O)Cc2cnn(C)c2)C1. The van der Waals surface area contributed by atoms with E-state index in [-0.39, 0.29) is 0 Å². The van der Waals surface area contributed by atoms with E-state index >= 15 is 0 Å². The highest BCUT2D eigenvalue weighted by Gasteiger charge is 2.30. The van der Waals surface area contributed by atoms with Crippen molar-refractivity contribution in [1.82, 2.24) is 9.78 Å². The van der Waals surface area contributed by atoms with Gasteiger partial charge in [0.25, 0.3) is 0 Å². The summed E-state index contributed by atoms with van der Waals surface area (Å²) in [6, 6.07) is 0. The Balaban J connectivity index is 1.69. The molecule has 4 nitrogen and oxygen atoms in total. The fourth-order valence-corrected chi connectivity index (χ4v) is 2.40. The molecule has 0 bridgehead atoms. The quantitative estimate of drug-likeness (QED) is 0.755. The molecule has 1 fully saturated rings. The zero-order valence-corrected chi connectivity index (χ0v) is 10.6. The van der Waals surface area contributed by atoms with Crippen LogP contribution >= 0.6 is 0 Å². The number of carbonyl (C=O) groups excluding carboxylic acids is 1. The van der Waals surface area contributed by atoms with Crippen LogP contribution < -0.4 is 0 Å². The molecule has 0 aliphatic heterocycles. The predicted molar refractivity (Wildman–Crippen MR) is 64.7 cm³/mol. The van der Waals surface area contributed by atoms with Crippen molar-refractivity contribution in [2.24, 2.45) is 13.0 Å². The van der Waals surface area contributed by atoms with Gasteiger partial charge in [-0.25, -0.2) is 0 Å². The van der Waals surface area contributed by atoms with Gasteiger partial charge in [0.05, 0.1) is 12.3 Å². The van der Waals surface area contributed by atoms with Gasteiger partial charge in [-0.15, -0.1) is 0 Å². The van der Waals surface area contributed by atoms with Gasteiger partial charge in [-0.1, -0.05) is 0 Å². The van der Waals surface area contributed by atoms with Gasteiger partial charge in [-0.05, 0) is 31.2 Å². The smallest absolute Gasteiger partial charge is 0.137 e. The average Bonchev–Trinajstić information content (AvgIpc) is 2.61. The molecule has 17 heavy (non-hydrogen) atoms. The lowest BCUT2D eigenvalue weighted by molar-refractivity contribution is -0.121. The van der Waals surface area contributed by atoms with Crippen LogP contribution in [0, 0.1) is 5.92 Å². The Morgan fingerprint density at radius 1 is 1.59 bits per heavy atom. The van der Waals surface area contributed by atoms with Gasteiger partial charge in [0.1, 0.15) is 5.78 Å². The van der Waals surface area contributed by atoms with Gasteiger partial charge in [-0.3, -0.25) is 9.48 Å². The first kappa shape index (κ1) is 12.3. The van der Waals surface area contributed by atoms with Gasteiger partial charge < -0.3 is 4.74 Å². The van der Waals surface area contributed by atoms with Gasteiger partial charge in [0.2, 0.25) is 0 Å². The molecule has 0 radical (unpaired) electrons. The third-order valence-corrected chi connectivity index (χ3v) is 3.27. The summed E-state index contributed by atoms with van der Waals surface area (Å²) >= 11 is 0. The Hall–Kier alpha value is -1.16. The molecule has 0 atom stereocenters. The van der Waals surface area contributed by atoms with Crippen molar-refractivity contribution in [1.29, 1.82) is 0 Å². The summed E-state index contributed by atoms with van der Waals surface area (Å²) in [6.45, 7) is 2.79. The zero-order valence-electron chi connectivity index (χ0n) is 10.6. The van der Waals surface area contributed by atoms with Crippen molar-refractivity contribution in [3.05, 3.63) is 18.0 Å². The van der Waals surface area contributed by atoms with E-state index in [2.05, 4.69) is 5.10 Å². The van der Waals surface area contributed by atoms with E-state index in [0.29, 0.717) is 30.6 Å². The van der Waals surface area contributed by atoms with E-state index in [1.54, 1.807) is 10.9 Å². The van der Waals surface area contributed by atoms with Crippen molar-refractivity contribution in [2.45, 2.75) is 38.7 Å². The maximum Gasteiger partial charge on any atom is 0.137 e. The molecule has 1 aromatic heterocycles. The number of hydrogen-bond donors (Lipinski definition) is 0. The summed E-state index contributed by atoms with van der Waals surface area (Å²) in [7, 11) is 1.87. The van der Waals surface area contributed by atoms with E-state index in [9.17, 15) is 4.79 Å². The molecule has 0 amide bonds. The Morgan fingerprint density at radius 2 is 2.35 bits per heavy atom. The summed E-state index contributed by atoms with van der Waals surface area (Å²) in [5.74, 6) is 0.855. The number of nitrogens with zero attached hydrogens (tertiary/aromatic N) is 2. The molecule has 0 spiro atoms. The largest absolute Gasteiger partial charge is 0.378 e. The van der Waals surface area contributed by atoms with Crippen LogP contribution in [-0.4, -0.2) is 28.3 Å². The summed E-state index contributed by atoms with van der Waals surface area (Å²) in [4.78, 5) is 11.8. The number of carbonyl (C=O) groups is 1. The number of hydrogen-bond acceptors (Lipinski definition) is 3. The van der Waals surface area contributed by atoms with Crippen LogP contribution in [0.4, 0.5) is 0 Å². The van der Waals surface area contributed by atoms with Crippen molar-refractivity contribution in [3.63, 3.8) is 0 Å². The first-order valence-electron chi connectivity index (χ1n) is 6.28. The highest BCUT2D eigenvalue weighted by atomic mass is 16.5. The lowest BCUT2D eigenvalue weighted by Crippen LogP contribution is -2.33. The van der Waals surface area contributed by atoms with Crippen LogP contribution in [-0.2, 0) is 23.0 Å². The first-order valence-corrected chi connectivity index (χ1v) is 6.28. The topological polar surface area (TPSA) is 44.1 Å². The minimum atomic E-state index is 0.318. The van der Waals surface area contributed by atoms with Crippen LogP contribution in [0.25, 0.3) is 0 Å². The highest BCUT2D eigenvalue weighted by Crippen LogP contribution is 2.33. The summed E-state index contributed by atoms with van der Waals surface area (Å²) < 4.78 is 7.22. The van der Waals surface area contributed by atoms with Gasteiger partial charge in [0, 0.05) is 32.7 Å². The Labute approximate surface area is 102 Å². The third-order valence-electron chi connectivity index (χ3n) is 3.27. The Bertz CT molecular complexity index is 381. The molecule has 2 rings (SSSR count). The number of ketones is 1. The minimum Gasteiger partial charge on any atom is -0.378 e. The Morgan fingerprint density at radius 3 is 2.94 bits per heavy atom. The molecular formula is C13H20N2O2. The molecule has 0 saturated heterocycles. The van der Waals surface area contributed by atoms with Crippen LogP contribution in [0.15, 0.2) is 12.4 Å². The van der Waals surface area contributed by atoms with Crippen molar-refractivity contribution >= 4 is 5.78 Å². The summed E-state index contributed by atoms with van der Waals surface area (Å²) in [6.07, 6.45) is 7.38. The second-order valence-electron chi connectivity index (χ2n) is 4.86. The van der Waals surface area contributed by atoms with Gasteiger partial charge >= 0.3 is 0 Å². The highest BCUT2D eigenvalue weighted by molar-refractivity contribution is 5.81. The normalized spacial score (nSPS) is 23.4. The molecule has 94 valence electrons. The molecule has 0 unspecified atom stereocenters. The van der Waals surface area contributed by atoms with Crippen LogP contribution in [0.1, 0.15) is 31.7 Å². The van der Waals surface area contributed by atoms with Crippen LogP contribution in [0.2, 0.25) is 0 Å². The molecular weight excluding hydrogens is 216 g/mol. The molecule has 1 heterocycles. The van der Waals surface area contributed by atoms with Crippen LogP contribution in [0.3, 0.4) is 0 Å². The second kappa shape index (κ2) is 5.45. The van der Waals surface area contributed by atoms with E-state index in [1.807, 2.05) is 20.2 Å². The Kier molecular flexibility index (Phi) is 3.94. The standard InChI is InChI=1S/C13H20N2O2/c1-3-17-13-6-10(7-13)4-12(16)5-11-8-14-15(2)9-11/h8-10,13H,3-7H2,1-2H3. The molecule has 1 aromatic rings. The minimum absolute atomic E-state index is 0.318. The van der Waals surface area contributed by atoms with E-state index in [4.69, 9.17) is 4.74 Å². The number of aryl methyl sites for hydroxylation is 1. The predicted octanol–water partition coefficient (Wildman–Crippen LogP) is 1.74. The fourth-order valence-electron chi connectivity index (χ4n) is 2.40. The molecule has 1 aliphatic carbocycles. The fraction of sp³-hybridized carbons (Fsp3) is 0.692. The van der Waals surface area contributed by atoms with Crippen LogP contribution in [0.5, 0.6) is 0 Å². The summed E-state index contributed by atoms with van der Waals surface area (Å²) in [5.41, 5.74) is 1.01. The third kappa shape index (κ3) is 3.40. The number of rotatable bonds is 6. The number of Topliss-reactive ketones (excluding diaryl/α,β-unsaturated/α-hetero) is 1. The maximum atomic E-state index is 11.8. The van der Waals surface area contributed by atoms with E-state index in [0.717, 1.165) is 25.0 Å². The second-order valence-corrected chi connectivity index (χ2v) is 4.86. The van der Waals surface area contributed by atoms with E-state index in [1.165, 1.54) is 0 Å². The average molecular weight is 236 g/mol.